The summed E-state index contributed by atoms with van der Waals surface area (Å²) in [6.07, 6.45) is 0.237. The van der Waals surface area contributed by atoms with Gasteiger partial charge in [-0.3, -0.25) is 9.30 Å². The minimum Gasteiger partial charge on any atom is -0.491 e. The molecule has 5 heterocycles. The van der Waals surface area contributed by atoms with E-state index >= 15 is 0 Å². The Labute approximate surface area is 229 Å². The zero-order valence-corrected chi connectivity index (χ0v) is 21.9. The van der Waals surface area contributed by atoms with Gasteiger partial charge in [-0.15, -0.1) is 35.0 Å². The molecule has 0 unspecified atom stereocenters. The van der Waals surface area contributed by atoms with Crippen LogP contribution in [0.4, 0.5) is 13.2 Å². The van der Waals surface area contributed by atoms with E-state index in [1.807, 2.05) is 30.3 Å². The molecule has 12 heteroatoms. The van der Waals surface area contributed by atoms with Crippen LogP contribution < -0.4 is 10.1 Å². The highest BCUT2D eigenvalue weighted by atomic mass is 35.5. The van der Waals surface area contributed by atoms with Gasteiger partial charge in [0, 0.05) is 36.8 Å². The number of aromatic nitrogens is 4. The molecule has 4 aromatic rings. The van der Waals surface area contributed by atoms with Gasteiger partial charge in [-0.05, 0) is 48.9 Å². The summed E-state index contributed by atoms with van der Waals surface area (Å²) >= 11 is 0. The molecule has 3 aliphatic rings. The normalized spacial score (nSPS) is 21.9. The molecule has 1 aliphatic carbocycles. The Bertz CT molecular complexity index is 1460. The second-order valence-electron chi connectivity index (χ2n) is 10.1. The molecule has 2 aliphatic heterocycles. The summed E-state index contributed by atoms with van der Waals surface area (Å²) in [5.41, 5.74) is 1.89. The van der Waals surface area contributed by atoms with Gasteiger partial charge in [0.05, 0.1) is 6.61 Å². The van der Waals surface area contributed by atoms with Crippen LogP contribution in [0.5, 0.6) is 5.75 Å². The van der Waals surface area contributed by atoms with E-state index in [1.54, 1.807) is 15.4 Å². The molecule has 3 aromatic heterocycles. The fourth-order valence-electron chi connectivity index (χ4n) is 5.57. The monoisotopic (exact) mass is 566 g/mol. The first-order valence-corrected chi connectivity index (χ1v) is 12.4. The number of fused-ring (bicyclic) bond motifs is 4. The summed E-state index contributed by atoms with van der Waals surface area (Å²) in [4.78, 5) is 6.40. The van der Waals surface area contributed by atoms with Crippen LogP contribution >= 0.6 is 24.8 Å². The topological polar surface area (TPSA) is 67.6 Å². The van der Waals surface area contributed by atoms with Crippen molar-refractivity contribution in [3.8, 4) is 17.3 Å². The Morgan fingerprint density at radius 1 is 1.05 bits per heavy atom. The fourth-order valence-corrected chi connectivity index (χ4v) is 5.57. The van der Waals surface area contributed by atoms with Crippen molar-refractivity contribution in [2.75, 3.05) is 19.7 Å². The summed E-state index contributed by atoms with van der Waals surface area (Å²) in [6.45, 7) is 1.64. The van der Waals surface area contributed by atoms with Crippen LogP contribution in [0.3, 0.4) is 0 Å². The van der Waals surface area contributed by atoms with E-state index in [-0.39, 0.29) is 42.5 Å². The lowest BCUT2D eigenvalue weighted by molar-refractivity contribution is -0.190. The molecule has 202 valence electrons. The molecular formula is C26H27Cl2F3N6O. The zero-order chi connectivity index (χ0) is 24.4. The molecular weight excluding hydrogens is 540 g/mol. The molecule has 1 aromatic carbocycles. The predicted molar refractivity (Wildman–Crippen MR) is 142 cm³/mol. The SMILES string of the molecule is Cl.Cl.FC(F)(F)[C@@H](c1ccc2nnc(-c3ccc4cccc(OCC5CC5)c4n3)n2c1)N1C[C@@H]2C[C@H]1CN2. The first kappa shape index (κ1) is 26.9. The molecule has 0 amide bonds. The Hall–Kier alpha value is -2.66. The van der Waals surface area contributed by atoms with E-state index < -0.39 is 12.2 Å². The third-order valence-electron chi connectivity index (χ3n) is 7.57. The molecule has 0 spiro atoms. The van der Waals surface area contributed by atoms with Crippen LogP contribution in [-0.4, -0.2) is 62.4 Å². The molecule has 38 heavy (non-hydrogen) atoms. The highest BCUT2D eigenvalue weighted by Crippen LogP contribution is 2.43. The standard InChI is InChI=1S/C26H25F3N6O.2ClH/c27-26(28,29)24(34-13-18-10-19(34)11-30-18)17-7-9-22-32-33-25(35(22)12-17)20-8-6-16-2-1-3-21(23(16)31-20)36-14-15-4-5-15;;/h1-3,6-9,12,15,18-19,24,30H,4-5,10-11,13-14H2;2*1H/t18-,19-,24+;;/m0../s1. The third-order valence-corrected chi connectivity index (χ3v) is 7.57. The predicted octanol–water partition coefficient (Wildman–Crippen LogP) is 5.23. The number of hydrogen-bond donors (Lipinski definition) is 1. The van der Waals surface area contributed by atoms with Gasteiger partial charge >= 0.3 is 6.18 Å². The van der Waals surface area contributed by atoms with E-state index in [0.29, 0.717) is 54.0 Å². The molecule has 2 bridgehead atoms. The molecule has 3 atom stereocenters. The number of para-hydroxylation sites is 1. The van der Waals surface area contributed by atoms with Gasteiger partial charge in [-0.1, -0.05) is 24.3 Å². The smallest absolute Gasteiger partial charge is 0.408 e. The van der Waals surface area contributed by atoms with Gasteiger partial charge < -0.3 is 10.1 Å². The van der Waals surface area contributed by atoms with E-state index in [9.17, 15) is 13.2 Å². The number of halogens is 5. The van der Waals surface area contributed by atoms with Crippen LogP contribution in [0, 0.1) is 5.92 Å². The van der Waals surface area contributed by atoms with Gasteiger partial charge in [0.1, 0.15) is 23.0 Å². The van der Waals surface area contributed by atoms with Crippen molar-refractivity contribution in [1.29, 1.82) is 0 Å². The maximum absolute atomic E-state index is 14.4. The molecule has 2 saturated heterocycles. The van der Waals surface area contributed by atoms with Crippen molar-refractivity contribution in [2.45, 2.75) is 43.6 Å². The molecule has 7 rings (SSSR count). The molecule has 7 nitrogen and oxygen atoms in total. The first-order valence-electron chi connectivity index (χ1n) is 12.4. The Balaban J connectivity index is 0.00000147. The van der Waals surface area contributed by atoms with Crippen LogP contribution in [0.15, 0.2) is 48.7 Å². The zero-order valence-electron chi connectivity index (χ0n) is 20.3. The fraction of sp³-hybridized carbons (Fsp3) is 0.423. The minimum absolute atomic E-state index is 0. The number of piperazine rings is 1. The second-order valence-corrected chi connectivity index (χ2v) is 10.1. The molecule has 1 N–H and O–H groups in total. The van der Waals surface area contributed by atoms with Crippen LogP contribution in [0.2, 0.25) is 0 Å². The van der Waals surface area contributed by atoms with Crippen molar-refractivity contribution in [3.63, 3.8) is 0 Å². The number of pyridine rings is 2. The summed E-state index contributed by atoms with van der Waals surface area (Å²) in [6, 6.07) is 11.0. The maximum Gasteiger partial charge on any atom is 0.408 e. The van der Waals surface area contributed by atoms with E-state index in [2.05, 4.69) is 15.5 Å². The van der Waals surface area contributed by atoms with Gasteiger partial charge in [0.15, 0.2) is 11.5 Å². The Morgan fingerprint density at radius 3 is 2.61 bits per heavy atom. The number of likely N-dealkylation sites (tertiary alicyclic amines) is 1. The number of alkyl halides is 3. The van der Waals surface area contributed by atoms with Crippen molar-refractivity contribution >= 4 is 41.4 Å². The van der Waals surface area contributed by atoms with Crippen molar-refractivity contribution in [3.05, 3.63) is 54.2 Å². The Morgan fingerprint density at radius 2 is 1.89 bits per heavy atom. The van der Waals surface area contributed by atoms with Gasteiger partial charge in [0.25, 0.3) is 0 Å². The summed E-state index contributed by atoms with van der Waals surface area (Å²) in [5, 5.41) is 12.7. The van der Waals surface area contributed by atoms with Crippen molar-refractivity contribution in [2.24, 2.45) is 5.92 Å². The number of nitrogens with zero attached hydrogens (tertiary/aromatic N) is 5. The largest absolute Gasteiger partial charge is 0.491 e. The number of hydrogen-bond acceptors (Lipinski definition) is 6. The van der Waals surface area contributed by atoms with Crippen molar-refractivity contribution in [1.82, 2.24) is 29.8 Å². The second kappa shape index (κ2) is 10.1. The number of rotatable bonds is 6. The quantitative estimate of drug-likeness (QED) is 0.345. The van der Waals surface area contributed by atoms with Crippen molar-refractivity contribution < 1.29 is 17.9 Å². The number of benzene rings is 1. The first-order chi connectivity index (χ1) is 17.4. The summed E-state index contributed by atoms with van der Waals surface area (Å²) in [7, 11) is 0. The lowest BCUT2D eigenvalue weighted by atomic mass is 10.1. The maximum atomic E-state index is 14.4. The van der Waals surface area contributed by atoms with Gasteiger partial charge in [-0.25, -0.2) is 4.98 Å². The Kier molecular flexibility index (Phi) is 7.19. The summed E-state index contributed by atoms with van der Waals surface area (Å²) < 4.78 is 50.7. The highest BCUT2D eigenvalue weighted by Gasteiger charge is 2.51. The van der Waals surface area contributed by atoms with Gasteiger partial charge in [-0.2, -0.15) is 13.2 Å². The van der Waals surface area contributed by atoms with E-state index in [1.165, 1.54) is 25.1 Å². The van der Waals surface area contributed by atoms with Crippen LogP contribution in [0.1, 0.15) is 30.9 Å². The lowest BCUT2D eigenvalue weighted by Gasteiger charge is -2.36. The third kappa shape index (κ3) is 4.79. The van der Waals surface area contributed by atoms with Crippen LogP contribution in [-0.2, 0) is 0 Å². The minimum atomic E-state index is -4.40. The van der Waals surface area contributed by atoms with E-state index in [4.69, 9.17) is 9.72 Å². The number of ether oxygens (including phenoxy) is 1. The highest BCUT2D eigenvalue weighted by molar-refractivity contribution is 5.86. The van der Waals surface area contributed by atoms with Crippen LogP contribution in [0.25, 0.3) is 28.1 Å². The lowest BCUT2D eigenvalue weighted by Crippen LogP contribution is -2.49. The van der Waals surface area contributed by atoms with Gasteiger partial charge in [0.2, 0.25) is 0 Å². The average molecular weight is 567 g/mol. The summed E-state index contributed by atoms with van der Waals surface area (Å²) in [5.74, 6) is 1.70. The average Bonchev–Trinajstić information content (AvgIpc) is 3.23. The molecule has 3 fully saturated rings. The van der Waals surface area contributed by atoms with E-state index in [0.717, 1.165) is 11.8 Å². The number of nitrogens with one attached hydrogen (secondary N) is 1. The molecule has 1 saturated carbocycles. The molecule has 0 radical (unpaired) electrons.